The molecule has 1 aliphatic rings. The van der Waals surface area contributed by atoms with Crippen LogP contribution in [0.3, 0.4) is 0 Å². The van der Waals surface area contributed by atoms with E-state index in [0.29, 0.717) is 43.8 Å². The number of aromatic nitrogens is 3. The molecule has 0 bridgehead atoms. The number of hydrogen-bond donors (Lipinski definition) is 0. The van der Waals surface area contributed by atoms with E-state index in [4.69, 9.17) is 9.47 Å². The van der Waals surface area contributed by atoms with Crippen molar-refractivity contribution in [2.45, 2.75) is 31.0 Å². The zero-order chi connectivity index (χ0) is 29.5. The minimum Gasteiger partial charge on any atom is -0.497 e. The van der Waals surface area contributed by atoms with Crippen molar-refractivity contribution < 1.29 is 19.1 Å². The van der Waals surface area contributed by atoms with E-state index < -0.39 is 0 Å². The van der Waals surface area contributed by atoms with Gasteiger partial charge in [0.05, 0.1) is 14.2 Å². The van der Waals surface area contributed by atoms with Crippen LogP contribution in [0.1, 0.15) is 30.1 Å². The standard InChI is InChI=1S/C32H35N5O4S/c1-23-22-35(19-20-36(23)31(39)25-11-15-27(40-2)16-12-25)29(38)10-7-21-42-32-34-33-30(24-8-5-4-6-9-24)37(32)26-13-17-28(41-3)18-14-26/h4-6,8-9,11-18,23H,7,10,19-22H2,1-3H3. The molecule has 0 radical (unpaired) electrons. The predicted octanol–water partition coefficient (Wildman–Crippen LogP) is 5.20. The first-order valence-corrected chi connectivity index (χ1v) is 15.0. The van der Waals surface area contributed by atoms with Crippen LogP contribution in [0.4, 0.5) is 0 Å². The van der Waals surface area contributed by atoms with E-state index in [-0.39, 0.29) is 17.9 Å². The molecule has 0 aliphatic carbocycles. The Bertz CT molecular complexity index is 1490. The molecule has 4 aromatic rings. The number of thioether (sulfide) groups is 1. The summed E-state index contributed by atoms with van der Waals surface area (Å²) in [5.74, 6) is 3.06. The van der Waals surface area contributed by atoms with Crippen molar-refractivity contribution in [2.24, 2.45) is 0 Å². The first-order chi connectivity index (χ1) is 20.5. The highest BCUT2D eigenvalue weighted by Gasteiger charge is 2.30. The zero-order valence-electron chi connectivity index (χ0n) is 24.1. The molecule has 0 spiro atoms. The quantitative estimate of drug-likeness (QED) is 0.187. The third-order valence-electron chi connectivity index (χ3n) is 7.34. The van der Waals surface area contributed by atoms with Gasteiger partial charge < -0.3 is 19.3 Å². The smallest absolute Gasteiger partial charge is 0.254 e. The summed E-state index contributed by atoms with van der Waals surface area (Å²) < 4.78 is 12.6. The second-order valence-electron chi connectivity index (χ2n) is 10.1. The van der Waals surface area contributed by atoms with Crippen molar-refractivity contribution in [3.05, 3.63) is 84.4 Å². The molecule has 0 saturated carbocycles. The first-order valence-electron chi connectivity index (χ1n) is 14.0. The van der Waals surface area contributed by atoms with Gasteiger partial charge >= 0.3 is 0 Å². The maximum Gasteiger partial charge on any atom is 0.254 e. The summed E-state index contributed by atoms with van der Waals surface area (Å²) in [4.78, 5) is 29.8. The summed E-state index contributed by atoms with van der Waals surface area (Å²) in [6.07, 6.45) is 1.15. The predicted molar refractivity (Wildman–Crippen MR) is 163 cm³/mol. The van der Waals surface area contributed by atoms with Crippen molar-refractivity contribution in [3.63, 3.8) is 0 Å². The summed E-state index contributed by atoms with van der Waals surface area (Å²) >= 11 is 1.59. The fraction of sp³-hybridized carbons (Fsp3) is 0.312. The van der Waals surface area contributed by atoms with Gasteiger partial charge in [0.2, 0.25) is 5.91 Å². The Labute approximate surface area is 250 Å². The molecule has 3 aromatic carbocycles. The molecule has 10 heteroatoms. The number of rotatable bonds is 10. The minimum absolute atomic E-state index is 0.0236. The molecule has 218 valence electrons. The van der Waals surface area contributed by atoms with Crippen LogP contribution in [0.5, 0.6) is 11.5 Å². The van der Waals surface area contributed by atoms with Crippen LogP contribution in [0.25, 0.3) is 17.1 Å². The largest absolute Gasteiger partial charge is 0.497 e. The first kappa shape index (κ1) is 29.2. The summed E-state index contributed by atoms with van der Waals surface area (Å²) in [5.41, 5.74) is 2.54. The highest BCUT2D eigenvalue weighted by molar-refractivity contribution is 7.99. The van der Waals surface area contributed by atoms with E-state index in [1.165, 1.54) is 0 Å². The van der Waals surface area contributed by atoms with Gasteiger partial charge in [0.25, 0.3) is 5.91 Å². The molecule has 9 nitrogen and oxygen atoms in total. The van der Waals surface area contributed by atoms with Gasteiger partial charge in [-0.15, -0.1) is 10.2 Å². The Kier molecular flexibility index (Phi) is 9.43. The molecule has 1 aromatic heterocycles. The summed E-state index contributed by atoms with van der Waals surface area (Å²) in [7, 11) is 3.25. The Hall–Kier alpha value is -4.31. The van der Waals surface area contributed by atoms with Crippen LogP contribution in [-0.4, -0.2) is 82.0 Å². The maximum atomic E-state index is 13.1. The summed E-state index contributed by atoms with van der Waals surface area (Å²) in [5, 5.41) is 9.76. The minimum atomic E-state index is -0.0638. The Balaban J connectivity index is 1.17. The molecule has 1 saturated heterocycles. The topological polar surface area (TPSA) is 89.8 Å². The molecule has 1 unspecified atom stereocenters. The number of benzene rings is 3. The van der Waals surface area contributed by atoms with Gasteiger partial charge in [0.1, 0.15) is 11.5 Å². The molecule has 0 N–H and O–H groups in total. The van der Waals surface area contributed by atoms with Crippen LogP contribution in [-0.2, 0) is 4.79 Å². The van der Waals surface area contributed by atoms with Gasteiger partial charge in [-0.05, 0) is 61.9 Å². The molecular formula is C32H35N5O4S. The van der Waals surface area contributed by atoms with E-state index in [1.54, 1.807) is 50.2 Å². The monoisotopic (exact) mass is 585 g/mol. The van der Waals surface area contributed by atoms with E-state index in [1.807, 2.05) is 75.9 Å². The van der Waals surface area contributed by atoms with E-state index in [0.717, 1.165) is 33.7 Å². The average molecular weight is 586 g/mol. The fourth-order valence-electron chi connectivity index (χ4n) is 5.03. The zero-order valence-corrected chi connectivity index (χ0v) is 24.9. The van der Waals surface area contributed by atoms with Crippen molar-refractivity contribution in [1.29, 1.82) is 0 Å². The van der Waals surface area contributed by atoms with Crippen molar-refractivity contribution in [3.8, 4) is 28.6 Å². The SMILES string of the molecule is COc1ccc(C(=O)N2CCN(C(=O)CCCSc3nnc(-c4ccccc4)n3-c3ccc(OC)cc3)CC2C)cc1. The highest BCUT2D eigenvalue weighted by Crippen LogP contribution is 2.29. The lowest BCUT2D eigenvalue weighted by atomic mass is 10.1. The lowest BCUT2D eigenvalue weighted by Crippen LogP contribution is -2.55. The molecule has 2 amide bonds. The van der Waals surface area contributed by atoms with Gasteiger partial charge in [0.15, 0.2) is 11.0 Å². The van der Waals surface area contributed by atoms with Gasteiger partial charge in [-0.3, -0.25) is 14.2 Å². The van der Waals surface area contributed by atoms with Crippen molar-refractivity contribution in [2.75, 3.05) is 39.6 Å². The maximum absolute atomic E-state index is 13.1. The van der Waals surface area contributed by atoms with Crippen molar-refractivity contribution in [1.82, 2.24) is 24.6 Å². The fourth-order valence-corrected chi connectivity index (χ4v) is 5.92. The molecule has 5 rings (SSSR count). The Morgan fingerprint density at radius 1 is 0.881 bits per heavy atom. The molecule has 1 fully saturated rings. The third-order valence-corrected chi connectivity index (χ3v) is 8.36. The van der Waals surface area contributed by atoms with E-state index in [2.05, 4.69) is 10.2 Å². The number of piperazine rings is 1. The van der Waals surface area contributed by atoms with Crippen LogP contribution in [0, 0.1) is 0 Å². The number of hydrogen-bond acceptors (Lipinski definition) is 7. The highest BCUT2D eigenvalue weighted by atomic mass is 32.2. The normalized spacial score (nSPS) is 15.0. The molecular weight excluding hydrogens is 550 g/mol. The Morgan fingerprint density at radius 2 is 1.55 bits per heavy atom. The van der Waals surface area contributed by atoms with Crippen LogP contribution in [0.15, 0.2) is 84.0 Å². The average Bonchev–Trinajstić information content (AvgIpc) is 3.47. The second-order valence-corrected chi connectivity index (χ2v) is 11.1. The van der Waals surface area contributed by atoms with Crippen LogP contribution < -0.4 is 9.47 Å². The van der Waals surface area contributed by atoms with Gasteiger partial charge in [0, 0.05) is 54.7 Å². The molecule has 1 aliphatic heterocycles. The van der Waals surface area contributed by atoms with E-state index in [9.17, 15) is 9.59 Å². The van der Waals surface area contributed by atoms with Gasteiger partial charge in [-0.2, -0.15) is 0 Å². The second kappa shape index (κ2) is 13.6. The summed E-state index contributed by atoms with van der Waals surface area (Å²) in [6, 6.07) is 24.9. The van der Waals surface area contributed by atoms with Crippen molar-refractivity contribution >= 4 is 23.6 Å². The number of amides is 2. The van der Waals surface area contributed by atoms with Gasteiger partial charge in [-0.1, -0.05) is 42.1 Å². The summed E-state index contributed by atoms with van der Waals surface area (Å²) in [6.45, 7) is 3.57. The van der Waals surface area contributed by atoms with Gasteiger partial charge in [-0.25, -0.2) is 0 Å². The lowest BCUT2D eigenvalue weighted by Gasteiger charge is -2.40. The number of ether oxygens (including phenoxy) is 2. The van der Waals surface area contributed by atoms with E-state index >= 15 is 0 Å². The number of carbonyl (C=O) groups excluding carboxylic acids is 2. The molecule has 2 heterocycles. The molecule has 1 atom stereocenters. The molecule has 42 heavy (non-hydrogen) atoms. The number of carbonyl (C=O) groups is 2. The Morgan fingerprint density at radius 3 is 2.19 bits per heavy atom. The number of nitrogens with zero attached hydrogens (tertiary/aromatic N) is 5. The lowest BCUT2D eigenvalue weighted by molar-refractivity contribution is -0.133. The number of methoxy groups -OCH3 is 2. The van der Waals surface area contributed by atoms with Crippen LogP contribution in [0.2, 0.25) is 0 Å². The third kappa shape index (κ3) is 6.60. The van der Waals surface area contributed by atoms with Crippen LogP contribution >= 0.6 is 11.8 Å².